The Hall–Kier alpha value is 0.310. The van der Waals surface area contributed by atoms with Gasteiger partial charge < -0.3 is 5.11 Å². The van der Waals surface area contributed by atoms with E-state index in [-0.39, 0.29) is 6.10 Å². The lowest BCUT2D eigenvalue weighted by atomic mass is 10.2. The summed E-state index contributed by atoms with van der Waals surface area (Å²) in [5.74, 6) is 0.696. The Morgan fingerprint density at radius 2 is 1.36 bits per heavy atom. The summed E-state index contributed by atoms with van der Waals surface area (Å²) in [7, 11) is 0. The van der Waals surface area contributed by atoms with Crippen LogP contribution < -0.4 is 0 Å². The van der Waals surface area contributed by atoms with Gasteiger partial charge in [0.2, 0.25) is 0 Å². The van der Waals surface area contributed by atoms with Crippen LogP contribution in [0.2, 0.25) is 0 Å². The Kier molecular flexibility index (Phi) is 5.19. The third-order valence-corrected chi connectivity index (χ3v) is 3.84. The van der Waals surface area contributed by atoms with Gasteiger partial charge in [0.05, 0.1) is 6.10 Å². The van der Waals surface area contributed by atoms with Gasteiger partial charge in [0.25, 0.3) is 0 Å². The van der Waals surface area contributed by atoms with Crippen molar-refractivity contribution in [2.45, 2.75) is 51.2 Å². The van der Waals surface area contributed by atoms with E-state index in [1.54, 1.807) is 0 Å². The van der Waals surface area contributed by atoms with Gasteiger partial charge >= 0.3 is 0 Å². The number of hydrogen-bond acceptors (Lipinski definition) is 2. The second-order valence-corrected chi connectivity index (χ2v) is 5.29. The number of aliphatic hydroxyl groups is 1. The van der Waals surface area contributed by atoms with Crippen LogP contribution in [0.5, 0.6) is 0 Å². The van der Waals surface area contributed by atoms with E-state index in [9.17, 15) is 5.11 Å². The maximum Gasteiger partial charge on any atom is 0.0628 e. The van der Waals surface area contributed by atoms with Gasteiger partial charge in [0.1, 0.15) is 0 Å². The first-order chi connectivity index (χ1) is 4.95. The lowest BCUT2D eigenvalue weighted by Crippen LogP contribution is -2.20. The van der Waals surface area contributed by atoms with Gasteiger partial charge in [-0.1, -0.05) is 27.7 Å². The van der Waals surface area contributed by atoms with Crippen molar-refractivity contribution >= 4 is 11.8 Å². The molecule has 0 fully saturated rings. The minimum Gasteiger partial charge on any atom is -0.392 e. The molecule has 0 aliphatic carbocycles. The number of rotatable bonds is 4. The van der Waals surface area contributed by atoms with Gasteiger partial charge in [-0.15, -0.1) is 0 Å². The Morgan fingerprint density at radius 3 is 1.64 bits per heavy atom. The van der Waals surface area contributed by atoms with Gasteiger partial charge in [-0.25, -0.2) is 0 Å². The lowest BCUT2D eigenvalue weighted by molar-refractivity contribution is 0.196. The summed E-state index contributed by atoms with van der Waals surface area (Å²) in [6, 6.07) is 0. The van der Waals surface area contributed by atoms with Crippen LogP contribution in [0.25, 0.3) is 0 Å². The molecule has 2 heteroatoms. The first-order valence-electron chi connectivity index (χ1n) is 4.28. The average Bonchev–Trinajstić information content (AvgIpc) is 1.87. The van der Waals surface area contributed by atoms with Crippen LogP contribution in [-0.2, 0) is 0 Å². The van der Waals surface area contributed by atoms with Gasteiger partial charge in [-0.3, -0.25) is 0 Å². The quantitative estimate of drug-likeness (QED) is 0.710. The van der Waals surface area contributed by atoms with Crippen LogP contribution in [0.3, 0.4) is 0 Å². The second kappa shape index (κ2) is 5.04. The summed E-state index contributed by atoms with van der Waals surface area (Å²) in [5.41, 5.74) is 0. The van der Waals surface area contributed by atoms with E-state index in [4.69, 9.17) is 0 Å². The van der Waals surface area contributed by atoms with E-state index in [1.807, 2.05) is 18.7 Å². The average molecular weight is 176 g/mol. The highest BCUT2D eigenvalue weighted by molar-refractivity contribution is 8.00. The highest BCUT2D eigenvalue weighted by Crippen LogP contribution is 2.25. The predicted octanol–water partition coefficient (Wildman–Crippen LogP) is 2.53. The largest absolute Gasteiger partial charge is 0.392 e. The molecule has 0 aliphatic rings. The molecule has 0 radical (unpaired) electrons. The number of thioether (sulfide) groups is 1. The molecule has 0 bridgehead atoms. The molecule has 0 aliphatic heterocycles. The van der Waals surface area contributed by atoms with Crippen molar-refractivity contribution < 1.29 is 5.11 Å². The van der Waals surface area contributed by atoms with E-state index in [0.717, 1.165) is 0 Å². The molecule has 0 heterocycles. The SMILES string of the molecule is CC(C)C(C)SC(C)C(C)O. The third kappa shape index (κ3) is 4.70. The van der Waals surface area contributed by atoms with Crippen LogP contribution in [0, 0.1) is 5.92 Å². The van der Waals surface area contributed by atoms with E-state index >= 15 is 0 Å². The summed E-state index contributed by atoms with van der Waals surface area (Å²) < 4.78 is 0. The van der Waals surface area contributed by atoms with E-state index in [0.29, 0.717) is 16.4 Å². The van der Waals surface area contributed by atoms with Crippen LogP contribution in [0.4, 0.5) is 0 Å². The molecular weight excluding hydrogens is 156 g/mol. The van der Waals surface area contributed by atoms with Crippen molar-refractivity contribution in [3.63, 3.8) is 0 Å². The van der Waals surface area contributed by atoms with Crippen LogP contribution >= 0.6 is 11.8 Å². The third-order valence-electron chi connectivity index (χ3n) is 2.05. The Morgan fingerprint density at radius 1 is 0.909 bits per heavy atom. The van der Waals surface area contributed by atoms with Crippen molar-refractivity contribution in [1.82, 2.24) is 0 Å². The van der Waals surface area contributed by atoms with E-state index < -0.39 is 0 Å². The Bertz CT molecular complexity index is 89.7. The molecule has 3 unspecified atom stereocenters. The summed E-state index contributed by atoms with van der Waals surface area (Å²) in [4.78, 5) is 0. The van der Waals surface area contributed by atoms with Crippen LogP contribution in [-0.4, -0.2) is 21.7 Å². The zero-order valence-electron chi connectivity index (χ0n) is 8.16. The van der Waals surface area contributed by atoms with Crippen molar-refractivity contribution in [2.24, 2.45) is 5.92 Å². The van der Waals surface area contributed by atoms with E-state index in [2.05, 4.69) is 27.7 Å². The smallest absolute Gasteiger partial charge is 0.0628 e. The van der Waals surface area contributed by atoms with Crippen molar-refractivity contribution in [1.29, 1.82) is 0 Å². The maximum atomic E-state index is 9.23. The fraction of sp³-hybridized carbons (Fsp3) is 1.00. The Labute approximate surface area is 74.6 Å². The molecule has 68 valence electrons. The van der Waals surface area contributed by atoms with Crippen LogP contribution in [0.1, 0.15) is 34.6 Å². The van der Waals surface area contributed by atoms with Gasteiger partial charge in [0, 0.05) is 10.5 Å². The minimum atomic E-state index is -0.193. The molecule has 0 aromatic rings. The lowest BCUT2D eigenvalue weighted by Gasteiger charge is -2.21. The van der Waals surface area contributed by atoms with Gasteiger partial charge in [-0.2, -0.15) is 11.8 Å². The van der Waals surface area contributed by atoms with E-state index in [1.165, 1.54) is 0 Å². The van der Waals surface area contributed by atoms with Gasteiger partial charge in [0.15, 0.2) is 0 Å². The first kappa shape index (κ1) is 11.3. The maximum absolute atomic E-state index is 9.23. The molecule has 0 spiro atoms. The zero-order chi connectivity index (χ0) is 9.02. The number of aliphatic hydroxyl groups excluding tert-OH is 1. The molecule has 0 saturated heterocycles. The first-order valence-corrected chi connectivity index (χ1v) is 5.23. The normalized spacial score (nSPS) is 19.9. The Balaban J connectivity index is 3.66. The summed E-state index contributed by atoms with van der Waals surface area (Å²) >= 11 is 1.87. The molecule has 1 N–H and O–H groups in total. The highest BCUT2D eigenvalue weighted by Gasteiger charge is 2.15. The van der Waals surface area contributed by atoms with Crippen LogP contribution in [0.15, 0.2) is 0 Å². The molecule has 0 saturated carbocycles. The molecule has 1 nitrogen and oxygen atoms in total. The zero-order valence-corrected chi connectivity index (χ0v) is 8.98. The second-order valence-electron chi connectivity index (χ2n) is 3.53. The fourth-order valence-electron chi connectivity index (χ4n) is 0.609. The monoisotopic (exact) mass is 176 g/mol. The predicted molar refractivity (Wildman–Crippen MR) is 53.0 cm³/mol. The molecule has 0 rings (SSSR count). The minimum absolute atomic E-state index is 0.193. The molecule has 0 amide bonds. The highest BCUT2D eigenvalue weighted by atomic mass is 32.2. The molecular formula is C9H20OS. The standard InChI is InChI=1S/C9H20OS/c1-6(2)8(4)11-9(5)7(3)10/h6-10H,1-5H3. The summed E-state index contributed by atoms with van der Waals surface area (Å²) in [6.45, 7) is 10.6. The fourth-order valence-corrected chi connectivity index (χ4v) is 1.83. The van der Waals surface area contributed by atoms with Crippen molar-refractivity contribution in [2.75, 3.05) is 0 Å². The number of hydrogen-bond donors (Lipinski definition) is 1. The van der Waals surface area contributed by atoms with Crippen molar-refractivity contribution in [3.8, 4) is 0 Å². The molecule has 3 atom stereocenters. The topological polar surface area (TPSA) is 20.2 Å². The molecule has 0 aromatic heterocycles. The van der Waals surface area contributed by atoms with Gasteiger partial charge in [-0.05, 0) is 12.8 Å². The van der Waals surface area contributed by atoms with Crippen molar-refractivity contribution in [3.05, 3.63) is 0 Å². The summed E-state index contributed by atoms with van der Waals surface area (Å²) in [5, 5.41) is 10.2. The summed E-state index contributed by atoms with van der Waals surface area (Å²) in [6.07, 6.45) is -0.193. The molecule has 0 aromatic carbocycles. The molecule has 11 heavy (non-hydrogen) atoms.